The van der Waals surface area contributed by atoms with Crippen molar-refractivity contribution in [3.63, 3.8) is 0 Å². The molecule has 2 rings (SSSR count). The molecule has 2 aromatic carbocycles. The molecule has 138 valence electrons. The molecule has 6 heteroatoms. The molecule has 0 heterocycles. The maximum atomic E-state index is 12.2. The van der Waals surface area contributed by atoms with Crippen LogP contribution in [0.5, 0.6) is 5.75 Å². The maximum absolute atomic E-state index is 12.2. The van der Waals surface area contributed by atoms with Gasteiger partial charge in [-0.3, -0.25) is 9.59 Å². The molecule has 0 bridgehead atoms. The van der Waals surface area contributed by atoms with E-state index in [1.165, 1.54) is 0 Å². The van der Waals surface area contributed by atoms with Crippen LogP contribution in [-0.4, -0.2) is 29.8 Å². The first-order chi connectivity index (χ1) is 12.6. The lowest BCUT2D eigenvalue weighted by Gasteiger charge is -2.08. The van der Waals surface area contributed by atoms with Crippen molar-refractivity contribution in [1.82, 2.24) is 0 Å². The minimum Gasteiger partial charge on any atom is -0.497 e. The Hall–Kier alpha value is -2.47. The van der Waals surface area contributed by atoms with Gasteiger partial charge in [0.15, 0.2) is 0 Å². The van der Waals surface area contributed by atoms with Gasteiger partial charge in [-0.15, -0.1) is 0 Å². The molecule has 0 aliphatic heterocycles. The normalized spacial score (nSPS) is 10.3. The van der Waals surface area contributed by atoms with E-state index in [1.54, 1.807) is 18.9 Å². The number of carboxylic acids is 1. The molecule has 5 nitrogen and oxygen atoms in total. The van der Waals surface area contributed by atoms with E-state index >= 15 is 0 Å². The van der Waals surface area contributed by atoms with E-state index in [2.05, 4.69) is 5.32 Å². The van der Waals surface area contributed by atoms with Crippen molar-refractivity contribution < 1.29 is 19.4 Å². The molecule has 26 heavy (non-hydrogen) atoms. The molecular weight excluding hydrogens is 350 g/mol. The Bertz CT molecular complexity index is 748. The lowest BCUT2D eigenvalue weighted by Crippen LogP contribution is -2.12. The highest BCUT2D eigenvalue weighted by atomic mass is 32.2. The minimum atomic E-state index is -0.783. The topological polar surface area (TPSA) is 75.6 Å². The summed E-state index contributed by atoms with van der Waals surface area (Å²) in [6, 6.07) is 15.4. The maximum Gasteiger partial charge on any atom is 0.304 e. The van der Waals surface area contributed by atoms with Gasteiger partial charge in [0, 0.05) is 23.6 Å². The first-order valence-corrected chi connectivity index (χ1v) is 9.53. The standard InChI is InChI=1S/C20H23NO4S/c1-25-18-7-3-4-15(13-18)8-9-19(22)21-17-6-2-5-16(12-17)14-26-11-10-20(23)24/h2-7,12-13H,8-11,14H2,1H3,(H,21,22)(H,23,24). The van der Waals surface area contributed by atoms with Gasteiger partial charge in [0.25, 0.3) is 0 Å². The largest absolute Gasteiger partial charge is 0.497 e. The summed E-state index contributed by atoms with van der Waals surface area (Å²) in [5.74, 6) is 1.27. The predicted molar refractivity (Wildman–Crippen MR) is 105 cm³/mol. The summed E-state index contributed by atoms with van der Waals surface area (Å²) in [6.45, 7) is 0. The van der Waals surface area contributed by atoms with Crippen LogP contribution in [0.15, 0.2) is 48.5 Å². The number of carboxylic acid groups (broad SMARTS) is 1. The van der Waals surface area contributed by atoms with Crippen LogP contribution in [0.25, 0.3) is 0 Å². The van der Waals surface area contributed by atoms with Crippen molar-refractivity contribution in [3.8, 4) is 5.75 Å². The van der Waals surface area contributed by atoms with Gasteiger partial charge in [-0.1, -0.05) is 24.3 Å². The third kappa shape index (κ3) is 7.19. The van der Waals surface area contributed by atoms with E-state index in [-0.39, 0.29) is 12.3 Å². The number of rotatable bonds is 10. The van der Waals surface area contributed by atoms with E-state index in [1.807, 2.05) is 48.5 Å². The molecular formula is C20H23NO4S. The number of carbonyl (C=O) groups excluding carboxylic acids is 1. The quantitative estimate of drug-likeness (QED) is 0.616. The van der Waals surface area contributed by atoms with Crippen LogP contribution < -0.4 is 10.1 Å². The van der Waals surface area contributed by atoms with Crippen molar-refractivity contribution in [2.75, 3.05) is 18.2 Å². The Labute approximate surface area is 157 Å². The molecule has 2 N–H and O–H groups in total. The average Bonchev–Trinajstić information content (AvgIpc) is 2.64. The predicted octanol–water partition coefficient (Wildman–Crippen LogP) is 3.97. The first kappa shape index (κ1) is 19.8. The molecule has 2 aromatic rings. The number of benzene rings is 2. The molecule has 0 aromatic heterocycles. The number of amides is 1. The monoisotopic (exact) mass is 373 g/mol. The number of methoxy groups -OCH3 is 1. The van der Waals surface area contributed by atoms with Crippen molar-refractivity contribution in [2.45, 2.75) is 25.0 Å². The third-order valence-electron chi connectivity index (χ3n) is 3.71. The highest BCUT2D eigenvalue weighted by Crippen LogP contribution is 2.18. The Morgan fingerprint density at radius 2 is 1.85 bits per heavy atom. The molecule has 0 atom stereocenters. The summed E-state index contributed by atoms with van der Waals surface area (Å²) in [6.07, 6.45) is 1.20. The van der Waals surface area contributed by atoms with Gasteiger partial charge >= 0.3 is 5.97 Å². The minimum absolute atomic E-state index is 0.0384. The van der Waals surface area contributed by atoms with Gasteiger partial charge in [-0.25, -0.2) is 0 Å². The van der Waals surface area contributed by atoms with Crippen molar-refractivity contribution >= 4 is 29.3 Å². The van der Waals surface area contributed by atoms with Crippen LogP contribution in [0.2, 0.25) is 0 Å². The number of carbonyl (C=O) groups is 2. The fourth-order valence-corrected chi connectivity index (χ4v) is 3.28. The lowest BCUT2D eigenvalue weighted by molar-refractivity contribution is -0.136. The summed E-state index contributed by atoms with van der Waals surface area (Å²) in [7, 11) is 1.62. The van der Waals surface area contributed by atoms with Crippen LogP contribution >= 0.6 is 11.8 Å². The number of aryl methyl sites for hydroxylation is 1. The summed E-state index contributed by atoms with van der Waals surface area (Å²) in [5.41, 5.74) is 2.88. The zero-order valence-electron chi connectivity index (χ0n) is 14.7. The summed E-state index contributed by atoms with van der Waals surface area (Å²) in [4.78, 5) is 22.7. The molecule has 0 unspecified atom stereocenters. The van der Waals surface area contributed by atoms with Gasteiger partial charge in [0.2, 0.25) is 5.91 Å². The molecule has 0 aliphatic rings. The van der Waals surface area contributed by atoms with Crippen molar-refractivity contribution in [2.24, 2.45) is 0 Å². The average molecular weight is 373 g/mol. The van der Waals surface area contributed by atoms with Crippen molar-refractivity contribution in [1.29, 1.82) is 0 Å². The molecule has 0 saturated heterocycles. The van der Waals surface area contributed by atoms with Crippen LogP contribution in [0, 0.1) is 0 Å². The zero-order chi connectivity index (χ0) is 18.8. The van der Waals surface area contributed by atoms with E-state index in [9.17, 15) is 9.59 Å². The van der Waals surface area contributed by atoms with Gasteiger partial charge in [0.1, 0.15) is 5.75 Å². The second-order valence-electron chi connectivity index (χ2n) is 5.80. The third-order valence-corrected chi connectivity index (χ3v) is 4.74. The molecule has 0 aliphatic carbocycles. The molecule has 0 radical (unpaired) electrons. The number of hydrogen-bond acceptors (Lipinski definition) is 4. The van der Waals surface area contributed by atoms with Crippen molar-refractivity contribution in [3.05, 3.63) is 59.7 Å². The van der Waals surface area contributed by atoms with Gasteiger partial charge < -0.3 is 15.2 Å². The van der Waals surface area contributed by atoms with E-state index < -0.39 is 5.97 Å². The first-order valence-electron chi connectivity index (χ1n) is 8.38. The van der Waals surface area contributed by atoms with Gasteiger partial charge in [-0.2, -0.15) is 11.8 Å². The van der Waals surface area contributed by atoms with Gasteiger partial charge in [-0.05, 0) is 41.8 Å². The zero-order valence-corrected chi connectivity index (χ0v) is 15.6. The lowest BCUT2D eigenvalue weighted by atomic mass is 10.1. The SMILES string of the molecule is COc1cccc(CCC(=O)Nc2cccc(CSCCC(=O)O)c2)c1. The number of thioether (sulfide) groups is 1. The number of aliphatic carboxylic acids is 1. The molecule has 1 amide bonds. The smallest absolute Gasteiger partial charge is 0.304 e. The number of nitrogens with one attached hydrogen (secondary N) is 1. The van der Waals surface area contributed by atoms with Crippen LogP contribution in [-0.2, 0) is 21.8 Å². The second-order valence-corrected chi connectivity index (χ2v) is 6.90. The molecule has 0 saturated carbocycles. The highest BCUT2D eigenvalue weighted by molar-refractivity contribution is 7.98. The fourth-order valence-electron chi connectivity index (χ4n) is 2.40. The summed E-state index contributed by atoms with van der Waals surface area (Å²) in [5, 5.41) is 11.6. The van der Waals surface area contributed by atoms with Crippen LogP contribution in [0.4, 0.5) is 5.69 Å². The van der Waals surface area contributed by atoms with E-state index in [0.29, 0.717) is 18.6 Å². The number of ether oxygens (including phenoxy) is 1. The second kappa shape index (κ2) is 10.5. The Morgan fingerprint density at radius 1 is 1.08 bits per heavy atom. The molecule has 0 fully saturated rings. The highest BCUT2D eigenvalue weighted by Gasteiger charge is 2.05. The number of anilines is 1. The van der Waals surface area contributed by atoms with Crippen LogP contribution in [0.3, 0.4) is 0 Å². The summed E-state index contributed by atoms with van der Waals surface area (Å²) < 4.78 is 5.19. The van der Waals surface area contributed by atoms with Crippen LogP contribution in [0.1, 0.15) is 24.0 Å². The Balaban J connectivity index is 1.80. The molecule has 0 spiro atoms. The Morgan fingerprint density at radius 3 is 2.62 bits per heavy atom. The van der Waals surface area contributed by atoms with Gasteiger partial charge in [0.05, 0.1) is 13.5 Å². The van der Waals surface area contributed by atoms with E-state index in [0.717, 1.165) is 28.3 Å². The fraction of sp³-hybridized carbons (Fsp3) is 0.300. The van der Waals surface area contributed by atoms with E-state index in [4.69, 9.17) is 9.84 Å². The summed E-state index contributed by atoms with van der Waals surface area (Å²) >= 11 is 1.57. The Kier molecular flexibility index (Phi) is 8.02. The number of hydrogen-bond donors (Lipinski definition) is 2.